The second-order valence-corrected chi connectivity index (χ2v) is 6.77. The van der Waals surface area contributed by atoms with Crippen LogP contribution in [0.5, 0.6) is 0 Å². The number of nitrogens with one attached hydrogen (secondary N) is 2. The molecule has 1 saturated carbocycles. The van der Waals surface area contributed by atoms with Crippen LogP contribution in [0.1, 0.15) is 40.5 Å². The summed E-state index contributed by atoms with van der Waals surface area (Å²) in [5, 5.41) is 21.4. The van der Waals surface area contributed by atoms with Crippen molar-refractivity contribution in [3.63, 3.8) is 0 Å². The zero-order valence-corrected chi connectivity index (χ0v) is 15.3. The first-order valence-corrected chi connectivity index (χ1v) is 9.07. The summed E-state index contributed by atoms with van der Waals surface area (Å²) in [4.78, 5) is 27.8. The number of hydrogen-bond acceptors (Lipinski definition) is 7. The van der Waals surface area contributed by atoms with Gasteiger partial charge in [-0.05, 0) is 31.9 Å². The van der Waals surface area contributed by atoms with Gasteiger partial charge in [0.15, 0.2) is 0 Å². The predicted molar refractivity (Wildman–Crippen MR) is 102 cm³/mol. The standard InChI is InChI=1S/C19H19N5O4/c1-11-17-13(10-15(12-6-7-12)22-19(17)28-23-11)18(25)21-9-8-20-14-4-2-3-5-16(14)24(26)27/h2-5,10,12,20H,6-9H2,1H3,(H,21,25). The average Bonchev–Trinajstić information content (AvgIpc) is 3.48. The van der Waals surface area contributed by atoms with Gasteiger partial charge in [-0.25, -0.2) is 4.98 Å². The number of fused-ring (bicyclic) bond motifs is 1. The van der Waals surface area contributed by atoms with Crippen LogP contribution < -0.4 is 10.6 Å². The number of aryl methyl sites for hydroxylation is 1. The van der Waals surface area contributed by atoms with Crippen LogP contribution >= 0.6 is 0 Å². The summed E-state index contributed by atoms with van der Waals surface area (Å²) >= 11 is 0. The number of pyridine rings is 1. The fraction of sp³-hybridized carbons (Fsp3) is 0.316. The zero-order valence-electron chi connectivity index (χ0n) is 15.3. The first-order chi connectivity index (χ1) is 13.5. The highest BCUT2D eigenvalue weighted by Crippen LogP contribution is 2.40. The Kier molecular flexibility index (Phi) is 4.64. The van der Waals surface area contributed by atoms with Gasteiger partial charge in [0, 0.05) is 30.8 Å². The Labute approximate surface area is 160 Å². The molecule has 1 fully saturated rings. The maximum Gasteiger partial charge on any atom is 0.292 e. The molecule has 144 valence electrons. The Morgan fingerprint density at radius 1 is 1.32 bits per heavy atom. The number of nitrogens with zero attached hydrogens (tertiary/aromatic N) is 3. The number of nitro groups is 1. The molecule has 1 aromatic carbocycles. The van der Waals surface area contributed by atoms with E-state index < -0.39 is 4.92 Å². The summed E-state index contributed by atoms with van der Waals surface area (Å²) in [5.41, 5.74) is 2.76. The van der Waals surface area contributed by atoms with Crippen LogP contribution in [0.4, 0.5) is 11.4 Å². The third-order valence-electron chi connectivity index (χ3n) is 4.70. The van der Waals surface area contributed by atoms with Crippen LogP contribution in [0.3, 0.4) is 0 Å². The Hall–Kier alpha value is -3.49. The van der Waals surface area contributed by atoms with E-state index >= 15 is 0 Å². The summed E-state index contributed by atoms with van der Waals surface area (Å²) in [5.74, 6) is 0.131. The van der Waals surface area contributed by atoms with Crippen molar-refractivity contribution >= 4 is 28.4 Å². The molecule has 1 aliphatic carbocycles. The molecule has 28 heavy (non-hydrogen) atoms. The molecule has 0 saturated heterocycles. The molecule has 0 aliphatic heterocycles. The molecule has 2 aromatic heterocycles. The normalized spacial score (nSPS) is 13.5. The van der Waals surface area contributed by atoms with E-state index in [4.69, 9.17) is 4.52 Å². The Morgan fingerprint density at radius 3 is 2.86 bits per heavy atom. The molecule has 3 aromatic rings. The predicted octanol–water partition coefficient (Wildman–Crippen LogP) is 3.16. The zero-order chi connectivity index (χ0) is 19.7. The van der Waals surface area contributed by atoms with Crippen molar-refractivity contribution in [2.75, 3.05) is 18.4 Å². The Bertz CT molecular complexity index is 1060. The van der Waals surface area contributed by atoms with E-state index in [1.165, 1.54) is 6.07 Å². The smallest absolute Gasteiger partial charge is 0.292 e. The van der Waals surface area contributed by atoms with Crippen molar-refractivity contribution in [3.05, 3.63) is 57.4 Å². The second-order valence-electron chi connectivity index (χ2n) is 6.77. The van der Waals surface area contributed by atoms with E-state index in [2.05, 4.69) is 20.8 Å². The SMILES string of the molecule is Cc1noc2nc(C3CC3)cc(C(=O)NCCNc3ccccc3[N+](=O)[O-])c12. The van der Waals surface area contributed by atoms with E-state index in [9.17, 15) is 14.9 Å². The molecule has 9 nitrogen and oxygen atoms in total. The van der Waals surface area contributed by atoms with Gasteiger partial charge >= 0.3 is 0 Å². The minimum atomic E-state index is -0.442. The van der Waals surface area contributed by atoms with Crippen molar-refractivity contribution < 1.29 is 14.2 Å². The summed E-state index contributed by atoms with van der Waals surface area (Å²) in [6, 6.07) is 8.21. The number of hydrogen-bond donors (Lipinski definition) is 2. The molecule has 0 spiro atoms. The van der Waals surface area contributed by atoms with E-state index in [0.717, 1.165) is 18.5 Å². The van der Waals surface area contributed by atoms with Gasteiger partial charge in [-0.3, -0.25) is 14.9 Å². The number of para-hydroxylation sites is 2. The number of nitro benzene ring substituents is 1. The summed E-state index contributed by atoms with van der Waals surface area (Å²) < 4.78 is 5.26. The van der Waals surface area contributed by atoms with E-state index in [0.29, 0.717) is 47.1 Å². The lowest BCUT2D eigenvalue weighted by molar-refractivity contribution is -0.384. The molecule has 1 aliphatic rings. The molecular formula is C19H19N5O4. The largest absolute Gasteiger partial charge is 0.378 e. The van der Waals surface area contributed by atoms with E-state index in [-0.39, 0.29) is 11.6 Å². The third-order valence-corrected chi connectivity index (χ3v) is 4.70. The first kappa shape index (κ1) is 17.9. The quantitative estimate of drug-likeness (QED) is 0.366. The highest BCUT2D eigenvalue weighted by atomic mass is 16.6. The monoisotopic (exact) mass is 381 g/mol. The van der Waals surface area contributed by atoms with E-state index in [1.54, 1.807) is 25.1 Å². The molecule has 4 rings (SSSR count). The highest BCUT2D eigenvalue weighted by Gasteiger charge is 2.28. The van der Waals surface area contributed by atoms with Crippen LogP contribution in [0.15, 0.2) is 34.9 Å². The molecule has 0 atom stereocenters. The molecule has 9 heteroatoms. The van der Waals surface area contributed by atoms with E-state index in [1.807, 2.05) is 6.07 Å². The third kappa shape index (κ3) is 3.51. The number of carbonyl (C=O) groups excluding carboxylic acids is 1. The number of amides is 1. The molecule has 0 bridgehead atoms. The Balaban J connectivity index is 1.45. The minimum absolute atomic E-state index is 0.00107. The van der Waals surface area contributed by atoms with Gasteiger partial charge in [0.2, 0.25) is 0 Å². The second kappa shape index (κ2) is 7.26. The fourth-order valence-corrected chi connectivity index (χ4v) is 3.13. The van der Waals surface area contributed by atoms with Crippen LogP contribution in [0.25, 0.3) is 11.1 Å². The van der Waals surface area contributed by atoms with Gasteiger partial charge in [0.1, 0.15) is 5.69 Å². The van der Waals surface area contributed by atoms with Gasteiger partial charge in [0.25, 0.3) is 17.3 Å². The summed E-state index contributed by atoms with van der Waals surface area (Å²) in [7, 11) is 0. The van der Waals surface area contributed by atoms with Crippen LogP contribution in [-0.2, 0) is 0 Å². The first-order valence-electron chi connectivity index (χ1n) is 9.07. The lowest BCUT2D eigenvalue weighted by Gasteiger charge is -2.10. The highest BCUT2D eigenvalue weighted by molar-refractivity contribution is 6.06. The van der Waals surface area contributed by atoms with Crippen LogP contribution in [0, 0.1) is 17.0 Å². The maximum absolute atomic E-state index is 12.7. The summed E-state index contributed by atoms with van der Waals surface area (Å²) in [6.45, 7) is 2.43. The van der Waals surface area contributed by atoms with Gasteiger partial charge in [-0.1, -0.05) is 17.3 Å². The number of carbonyl (C=O) groups is 1. The van der Waals surface area contributed by atoms with Crippen molar-refractivity contribution in [2.24, 2.45) is 0 Å². The van der Waals surface area contributed by atoms with Gasteiger partial charge in [0.05, 0.1) is 21.6 Å². The van der Waals surface area contributed by atoms with Crippen LogP contribution in [0.2, 0.25) is 0 Å². The molecule has 0 radical (unpaired) electrons. The lowest BCUT2D eigenvalue weighted by Crippen LogP contribution is -2.29. The molecular weight excluding hydrogens is 362 g/mol. The topological polar surface area (TPSA) is 123 Å². The molecule has 2 N–H and O–H groups in total. The lowest BCUT2D eigenvalue weighted by atomic mass is 10.1. The number of benzene rings is 1. The van der Waals surface area contributed by atoms with Crippen molar-refractivity contribution in [3.8, 4) is 0 Å². The molecule has 1 amide bonds. The van der Waals surface area contributed by atoms with Crippen molar-refractivity contribution in [2.45, 2.75) is 25.7 Å². The summed E-state index contributed by atoms with van der Waals surface area (Å²) in [6.07, 6.45) is 2.12. The number of aromatic nitrogens is 2. The number of rotatable bonds is 7. The van der Waals surface area contributed by atoms with Crippen LogP contribution in [-0.4, -0.2) is 34.1 Å². The number of anilines is 1. The maximum atomic E-state index is 12.7. The van der Waals surface area contributed by atoms with Crippen molar-refractivity contribution in [1.82, 2.24) is 15.5 Å². The van der Waals surface area contributed by atoms with Gasteiger partial charge < -0.3 is 15.2 Å². The molecule has 0 unspecified atom stereocenters. The molecule has 2 heterocycles. The Morgan fingerprint density at radius 2 is 2.11 bits per heavy atom. The fourth-order valence-electron chi connectivity index (χ4n) is 3.13. The van der Waals surface area contributed by atoms with Gasteiger partial charge in [-0.2, -0.15) is 0 Å². The average molecular weight is 381 g/mol. The van der Waals surface area contributed by atoms with Crippen molar-refractivity contribution in [1.29, 1.82) is 0 Å². The minimum Gasteiger partial charge on any atom is -0.378 e. The van der Waals surface area contributed by atoms with Gasteiger partial charge in [-0.15, -0.1) is 0 Å².